The van der Waals surface area contributed by atoms with Crippen molar-refractivity contribution in [3.63, 3.8) is 0 Å². The maximum atomic E-state index is 12.4. The quantitative estimate of drug-likeness (QED) is 0.425. The highest BCUT2D eigenvalue weighted by atomic mass is 16.6. The molecule has 0 aliphatic rings. The molecule has 164 valence electrons. The van der Waals surface area contributed by atoms with E-state index in [1.807, 2.05) is 65.0 Å². The molecule has 0 saturated heterocycles. The van der Waals surface area contributed by atoms with Gasteiger partial charge in [-0.15, -0.1) is 0 Å². The van der Waals surface area contributed by atoms with E-state index in [1.165, 1.54) is 0 Å². The van der Waals surface area contributed by atoms with Gasteiger partial charge < -0.3 is 20.1 Å². The first-order valence-corrected chi connectivity index (χ1v) is 10.7. The molecule has 30 heavy (non-hydrogen) atoms. The van der Waals surface area contributed by atoms with Crippen LogP contribution in [0.15, 0.2) is 54.6 Å². The highest BCUT2D eigenvalue weighted by Crippen LogP contribution is 2.15. The van der Waals surface area contributed by atoms with Crippen molar-refractivity contribution in [2.24, 2.45) is 5.92 Å². The Balaban J connectivity index is 1.73. The van der Waals surface area contributed by atoms with Gasteiger partial charge in [-0.25, -0.2) is 0 Å². The van der Waals surface area contributed by atoms with E-state index in [-0.39, 0.29) is 17.9 Å². The van der Waals surface area contributed by atoms with Gasteiger partial charge in [-0.1, -0.05) is 56.3 Å². The van der Waals surface area contributed by atoms with Crippen molar-refractivity contribution in [1.29, 1.82) is 0 Å². The Bertz CT molecular complexity index is 769. The topological polar surface area (TPSA) is 59.6 Å². The van der Waals surface area contributed by atoms with Crippen LogP contribution in [-0.2, 0) is 22.7 Å². The fourth-order valence-corrected chi connectivity index (χ4v) is 2.99. The third-order valence-corrected chi connectivity index (χ3v) is 4.47. The van der Waals surface area contributed by atoms with Crippen LogP contribution >= 0.6 is 0 Å². The van der Waals surface area contributed by atoms with E-state index in [0.717, 1.165) is 30.0 Å². The third-order valence-electron chi connectivity index (χ3n) is 4.47. The molecule has 0 unspecified atom stereocenters. The van der Waals surface area contributed by atoms with Crippen LogP contribution in [-0.4, -0.2) is 30.7 Å². The summed E-state index contributed by atoms with van der Waals surface area (Å²) in [7, 11) is 0. The van der Waals surface area contributed by atoms with E-state index in [0.29, 0.717) is 13.2 Å². The average Bonchev–Trinajstić information content (AvgIpc) is 2.68. The molecule has 2 aromatic rings. The fourth-order valence-electron chi connectivity index (χ4n) is 2.99. The van der Waals surface area contributed by atoms with Gasteiger partial charge in [0.2, 0.25) is 0 Å². The molecule has 0 radical (unpaired) electrons. The summed E-state index contributed by atoms with van der Waals surface area (Å²) < 4.78 is 11.4. The number of carbonyl (C=O) groups excluding carboxylic acids is 1. The lowest BCUT2D eigenvalue weighted by atomic mass is 10.0. The zero-order chi connectivity index (χ0) is 22.0. The zero-order valence-electron chi connectivity index (χ0n) is 18.9. The van der Waals surface area contributed by atoms with Crippen LogP contribution in [0.2, 0.25) is 0 Å². The van der Waals surface area contributed by atoms with E-state index >= 15 is 0 Å². The molecule has 0 bridgehead atoms. The Labute approximate surface area is 181 Å². The molecular formula is C25H36N2O3. The zero-order valence-corrected chi connectivity index (χ0v) is 18.9. The minimum atomic E-state index is -0.474. The van der Waals surface area contributed by atoms with Crippen molar-refractivity contribution < 1.29 is 14.3 Å². The molecule has 5 heteroatoms. The number of ether oxygens (including phenoxy) is 2. The largest absolute Gasteiger partial charge is 0.489 e. The maximum Gasteiger partial charge on any atom is 0.323 e. The molecule has 2 aromatic carbocycles. The van der Waals surface area contributed by atoms with E-state index in [9.17, 15) is 4.79 Å². The molecule has 0 aromatic heterocycles. The number of rotatable bonds is 11. The first-order valence-electron chi connectivity index (χ1n) is 10.7. The van der Waals surface area contributed by atoms with Crippen LogP contribution in [0.4, 0.5) is 0 Å². The summed E-state index contributed by atoms with van der Waals surface area (Å²) in [6, 6.07) is 17.9. The molecule has 2 rings (SSSR count). The molecule has 0 amide bonds. The van der Waals surface area contributed by atoms with Gasteiger partial charge in [0, 0.05) is 19.6 Å². The van der Waals surface area contributed by atoms with Gasteiger partial charge in [-0.2, -0.15) is 0 Å². The van der Waals surface area contributed by atoms with Crippen LogP contribution in [0.5, 0.6) is 5.75 Å². The summed E-state index contributed by atoms with van der Waals surface area (Å²) in [4.78, 5) is 12.4. The predicted molar refractivity (Wildman–Crippen MR) is 121 cm³/mol. The second-order valence-electron chi connectivity index (χ2n) is 8.81. The summed E-state index contributed by atoms with van der Waals surface area (Å²) in [5, 5.41) is 6.73. The first-order chi connectivity index (χ1) is 14.2. The SMILES string of the molecule is CC(C)[C@@H](NCCNCc1cccc(OCc2ccccc2)c1)C(=O)OC(C)(C)C. The smallest absolute Gasteiger partial charge is 0.323 e. The van der Waals surface area contributed by atoms with Crippen LogP contribution in [0.3, 0.4) is 0 Å². The monoisotopic (exact) mass is 412 g/mol. The molecule has 2 N–H and O–H groups in total. The molecule has 0 saturated carbocycles. The van der Waals surface area contributed by atoms with Crippen molar-refractivity contribution in [3.05, 3.63) is 65.7 Å². The molecule has 0 fully saturated rings. The van der Waals surface area contributed by atoms with E-state index in [1.54, 1.807) is 0 Å². The van der Waals surface area contributed by atoms with E-state index in [4.69, 9.17) is 9.47 Å². The van der Waals surface area contributed by atoms with Gasteiger partial charge in [-0.05, 0) is 49.9 Å². The standard InChI is InChI=1S/C25H36N2O3/c1-19(2)23(24(28)30-25(3,4)5)27-15-14-26-17-21-12-9-13-22(16-21)29-18-20-10-7-6-8-11-20/h6-13,16,19,23,26-27H,14-15,17-18H2,1-5H3/t23-/m1/s1. The molecule has 0 aliphatic heterocycles. The number of hydrogen-bond donors (Lipinski definition) is 2. The number of hydrogen-bond acceptors (Lipinski definition) is 5. The first kappa shape index (κ1) is 23.9. The molecule has 1 atom stereocenters. The molecule has 5 nitrogen and oxygen atoms in total. The Hall–Kier alpha value is -2.37. The highest BCUT2D eigenvalue weighted by molar-refractivity contribution is 5.76. The minimum absolute atomic E-state index is 0.165. The number of carbonyl (C=O) groups is 1. The van der Waals surface area contributed by atoms with Gasteiger partial charge in [0.15, 0.2) is 0 Å². The normalized spacial score (nSPS) is 12.6. The van der Waals surface area contributed by atoms with Crippen LogP contribution < -0.4 is 15.4 Å². The van der Waals surface area contributed by atoms with Crippen molar-refractivity contribution in [1.82, 2.24) is 10.6 Å². The minimum Gasteiger partial charge on any atom is -0.489 e. The molecule has 0 spiro atoms. The summed E-state index contributed by atoms with van der Waals surface area (Å²) in [5.41, 5.74) is 1.84. The predicted octanol–water partition coefficient (Wildman–Crippen LogP) is 4.31. The maximum absolute atomic E-state index is 12.4. The van der Waals surface area contributed by atoms with Gasteiger partial charge in [0.25, 0.3) is 0 Å². The summed E-state index contributed by atoms with van der Waals surface area (Å²) in [6.07, 6.45) is 0. The fraction of sp³-hybridized carbons (Fsp3) is 0.480. The van der Waals surface area contributed by atoms with Gasteiger partial charge in [0.1, 0.15) is 24.0 Å². The lowest BCUT2D eigenvalue weighted by molar-refractivity contribution is -0.158. The van der Waals surface area contributed by atoms with Crippen LogP contribution in [0, 0.1) is 5.92 Å². The highest BCUT2D eigenvalue weighted by Gasteiger charge is 2.27. The Morgan fingerprint density at radius 1 is 0.967 bits per heavy atom. The number of nitrogens with one attached hydrogen (secondary N) is 2. The average molecular weight is 413 g/mol. The van der Waals surface area contributed by atoms with E-state index < -0.39 is 5.60 Å². The van der Waals surface area contributed by atoms with Crippen LogP contribution in [0.25, 0.3) is 0 Å². The Kier molecular flexibility index (Phi) is 9.34. The van der Waals surface area contributed by atoms with Gasteiger partial charge in [0.05, 0.1) is 0 Å². The summed E-state index contributed by atoms with van der Waals surface area (Å²) in [5.74, 6) is 0.833. The lowest BCUT2D eigenvalue weighted by Crippen LogP contribution is -2.46. The van der Waals surface area contributed by atoms with Gasteiger partial charge in [-0.3, -0.25) is 4.79 Å². The second kappa shape index (κ2) is 11.7. The van der Waals surface area contributed by atoms with Crippen molar-refractivity contribution in [3.8, 4) is 5.75 Å². The van der Waals surface area contributed by atoms with Crippen molar-refractivity contribution in [2.75, 3.05) is 13.1 Å². The van der Waals surface area contributed by atoms with Crippen molar-refractivity contribution >= 4 is 5.97 Å². The molecular weight excluding hydrogens is 376 g/mol. The van der Waals surface area contributed by atoms with Gasteiger partial charge >= 0.3 is 5.97 Å². The molecule has 0 heterocycles. The number of benzene rings is 2. The second-order valence-corrected chi connectivity index (χ2v) is 8.81. The van der Waals surface area contributed by atoms with Crippen molar-refractivity contribution in [2.45, 2.75) is 59.4 Å². The Morgan fingerprint density at radius 2 is 1.67 bits per heavy atom. The third kappa shape index (κ3) is 8.97. The Morgan fingerprint density at radius 3 is 2.33 bits per heavy atom. The summed E-state index contributed by atoms with van der Waals surface area (Å²) in [6.45, 7) is 12.5. The number of esters is 1. The van der Waals surface area contributed by atoms with Crippen LogP contribution in [0.1, 0.15) is 45.7 Å². The molecule has 0 aliphatic carbocycles. The summed E-state index contributed by atoms with van der Waals surface area (Å²) >= 11 is 0. The van der Waals surface area contributed by atoms with E-state index in [2.05, 4.69) is 34.9 Å². The lowest BCUT2D eigenvalue weighted by Gasteiger charge is -2.26.